The second-order valence-electron chi connectivity index (χ2n) is 10.7. The van der Waals surface area contributed by atoms with Gasteiger partial charge in [0, 0.05) is 57.4 Å². The summed E-state index contributed by atoms with van der Waals surface area (Å²) in [5.41, 5.74) is 0. The standard InChI is InChI=1S/C31H54O14S4.4Na/c1-40-31-30(44-13-5-17-49-21-9-27(38)39)29(43-12-4-16-48-20-8-26(36)37)28(42-11-3-15-47-19-7-25(34)35)23(45-31)22-41-10-2-14-46-18-6-24(32)33;;;;/h23,28-31H,2-22H2,1H3,(H,32,33)(H,34,35)(H,36,37)(H,38,39);;;;/q;4*+1/p-4. The molecule has 0 aromatic carbocycles. The average Bonchev–Trinajstić information content (AvgIpc) is 3.04. The first kappa shape index (κ1) is 62.7. The molecule has 1 fully saturated rings. The van der Waals surface area contributed by atoms with Gasteiger partial charge in [-0.25, -0.2) is 0 Å². The van der Waals surface area contributed by atoms with Crippen LogP contribution in [-0.4, -0.2) is 141 Å². The maximum absolute atomic E-state index is 10.7. The molecule has 5 atom stereocenters. The summed E-state index contributed by atoms with van der Waals surface area (Å²) < 4.78 is 37.0. The molecular weight excluding hydrogens is 817 g/mol. The van der Waals surface area contributed by atoms with E-state index in [9.17, 15) is 39.6 Å². The second kappa shape index (κ2) is 43.1. The molecule has 0 amide bonds. The van der Waals surface area contributed by atoms with Gasteiger partial charge in [-0.3, -0.25) is 0 Å². The quantitative estimate of drug-likeness (QED) is 0.0434. The molecule has 22 heteroatoms. The van der Waals surface area contributed by atoms with Crippen molar-refractivity contribution in [3.8, 4) is 0 Å². The molecule has 0 saturated carbocycles. The third-order valence-electron chi connectivity index (χ3n) is 6.72. The molecule has 286 valence electrons. The number of carboxylic acids is 4. The number of carboxylic acid groups (broad SMARTS) is 4. The Morgan fingerprint density at radius 3 is 1.21 bits per heavy atom. The van der Waals surface area contributed by atoms with E-state index in [2.05, 4.69) is 0 Å². The van der Waals surface area contributed by atoms with Gasteiger partial charge in [-0.05, 0) is 97.4 Å². The normalized spacial score (nSPS) is 19.2. The van der Waals surface area contributed by atoms with E-state index in [1.807, 2.05) is 0 Å². The van der Waals surface area contributed by atoms with Gasteiger partial charge in [-0.1, -0.05) is 0 Å². The number of methoxy groups -OCH3 is 1. The van der Waals surface area contributed by atoms with Crippen LogP contribution in [-0.2, 0) is 47.6 Å². The number of ether oxygens (including phenoxy) is 6. The van der Waals surface area contributed by atoms with Crippen LogP contribution in [0.25, 0.3) is 0 Å². The van der Waals surface area contributed by atoms with E-state index in [-0.39, 0.29) is 151 Å². The summed E-state index contributed by atoms with van der Waals surface area (Å²) in [6.07, 6.45) is -0.691. The van der Waals surface area contributed by atoms with E-state index < -0.39 is 54.6 Å². The Hall–Kier alpha value is 3.04. The van der Waals surface area contributed by atoms with Gasteiger partial charge < -0.3 is 68.0 Å². The zero-order valence-electron chi connectivity index (χ0n) is 32.1. The first-order valence-corrected chi connectivity index (χ1v) is 21.0. The minimum absolute atomic E-state index is 0. The van der Waals surface area contributed by atoms with Crippen LogP contribution in [0.2, 0.25) is 0 Å². The molecule has 1 aliphatic heterocycles. The van der Waals surface area contributed by atoms with Crippen LogP contribution < -0.4 is 139 Å². The number of carbonyl (C=O) groups is 4. The Morgan fingerprint density at radius 1 is 0.509 bits per heavy atom. The predicted octanol–water partition coefficient (Wildman–Crippen LogP) is -13.4. The Balaban J connectivity index is -0.00000300. The maximum Gasteiger partial charge on any atom is 1.00 e. The van der Waals surface area contributed by atoms with Crippen LogP contribution in [0.1, 0.15) is 51.4 Å². The van der Waals surface area contributed by atoms with Crippen molar-refractivity contribution >= 4 is 70.9 Å². The first-order valence-electron chi connectivity index (χ1n) is 16.4. The molecule has 14 nitrogen and oxygen atoms in total. The monoisotopic (exact) mass is 866 g/mol. The van der Waals surface area contributed by atoms with Crippen LogP contribution in [0, 0.1) is 0 Å². The van der Waals surface area contributed by atoms with Gasteiger partial charge in [0.2, 0.25) is 0 Å². The fourth-order valence-electron chi connectivity index (χ4n) is 4.40. The molecule has 1 heterocycles. The zero-order valence-corrected chi connectivity index (χ0v) is 43.4. The van der Waals surface area contributed by atoms with E-state index in [0.29, 0.717) is 92.4 Å². The minimum Gasteiger partial charge on any atom is -0.550 e. The molecule has 1 rings (SSSR count). The van der Waals surface area contributed by atoms with Gasteiger partial charge in [0.25, 0.3) is 0 Å². The third-order valence-corrected chi connectivity index (χ3v) is 11.0. The number of hydrogen-bond donors (Lipinski definition) is 0. The van der Waals surface area contributed by atoms with Crippen molar-refractivity contribution in [3.05, 3.63) is 0 Å². The number of hydrogen-bond acceptors (Lipinski definition) is 18. The largest absolute Gasteiger partial charge is 1.00 e. The summed E-state index contributed by atoms with van der Waals surface area (Å²) in [5.74, 6) is 0.244. The van der Waals surface area contributed by atoms with Gasteiger partial charge >= 0.3 is 118 Å². The van der Waals surface area contributed by atoms with Crippen molar-refractivity contribution in [1.82, 2.24) is 0 Å². The fraction of sp³-hybridized carbons (Fsp3) is 0.871. The Labute approximate surface area is 419 Å². The summed E-state index contributed by atoms with van der Waals surface area (Å²) in [5, 5.41) is 42.7. The van der Waals surface area contributed by atoms with Crippen molar-refractivity contribution < 1.29 is 186 Å². The summed E-state index contributed by atoms with van der Waals surface area (Å²) in [6.45, 7) is 1.62. The van der Waals surface area contributed by atoms with Crippen molar-refractivity contribution in [2.45, 2.75) is 82.1 Å². The van der Waals surface area contributed by atoms with Crippen molar-refractivity contribution in [3.63, 3.8) is 0 Å². The number of carbonyl (C=O) groups excluding carboxylic acids is 4. The fourth-order valence-corrected chi connectivity index (χ4v) is 7.75. The van der Waals surface area contributed by atoms with Crippen LogP contribution >= 0.6 is 47.0 Å². The molecule has 0 spiro atoms. The summed E-state index contributed by atoms with van der Waals surface area (Å²) >= 11 is 5.99. The van der Waals surface area contributed by atoms with Gasteiger partial charge in [-0.15, -0.1) is 0 Å². The first-order chi connectivity index (χ1) is 23.6. The minimum atomic E-state index is -1.09. The van der Waals surface area contributed by atoms with Gasteiger partial charge in [0.05, 0.1) is 6.61 Å². The molecule has 1 saturated heterocycles. The zero-order chi connectivity index (χ0) is 36.1. The van der Waals surface area contributed by atoms with Gasteiger partial charge in [0.15, 0.2) is 6.29 Å². The van der Waals surface area contributed by atoms with E-state index >= 15 is 0 Å². The topological polar surface area (TPSA) is 216 Å². The molecule has 0 bridgehead atoms. The van der Waals surface area contributed by atoms with E-state index in [1.54, 1.807) is 0 Å². The van der Waals surface area contributed by atoms with Gasteiger partial charge in [-0.2, -0.15) is 47.0 Å². The van der Waals surface area contributed by atoms with Crippen molar-refractivity contribution in [2.75, 3.05) is 86.2 Å². The number of aliphatic carboxylic acids is 4. The summed E-state index contributed by atoms with van der Waals surface area (Å²) in [6, 6.07) is 0. The van der Waals surface area contributed by atoms with Gasteiger partial charge in [0.1, 0.15) is 24.4 Å². The Kier molecular flexibility index (Phi) is 51.0. The molecule has 0 aromatic rings. The smallest absolute Gasteiger partial charge is 0.550 e. The van der Waals surface area contributed by atoms with Crippen LogP contribution in [0.3, 0.4) is 0 Å². The van der Waals surface area contributed by atoms with Crippen molar-refractivity contribution in [1.29, 1.82) is 0 Å². The van der Waals surface area contributed by atoms with E-state index in [4.69, 9.17) is 28.4 Å². The molecule has 0 aromatic heterocycles. The average molecular weight is 867 g/mol. The molecule has 5 unspecified atom stereocenters. The number of rotatable bonds is 34. The van der Waals surface area contributed by atoms with E-state index in [1.165, 1.54) is 54.2 Å². The predicted molar refractivity (Wildman–Crippen MR) is 182 cm³/mol. The SMILES string of the molecule is COC1OC(COCCCSCCC(=O)[O-])C(OCCCSCCC(=O)[O-])C(OCCCSCCC(=O)[O-])C1OCCCSCCC(=O)[O-].[Na+].[Na+].[Na+].[Na+]. The number of thioether (sulfide) groups is 4. The van der Waals surface area contributed by atoms with Crippen LogP contribution in [0.4, 0.5) is 0 Å². The molecule has 0 N–H and O–H groups in total. The Morgan fingerprint density at radius 2 is 0.849 bits per heavy atom. The van der Waals surface area contributed by atoms with Crippen LogP contribution in [0.5, 0.6) is 0 Å². The Bertz CT molecular complexity index is 923. The molecule has 0 radical (unpaired) electrons. The second-order valence-corrected chi connectivity index (χ2v) is 15.6. The molecule has 53 heavy (non-hydrogen) atoms. The third kappa shape index (κ3) is 35.5. The van der Waals surface area contributed by atoms with Crippen molar-refractivity contribution in [2.24, 2.45) is 0 Å². The summed E-state index contributed by atoms with van der Waals surface area (Å²) in [4.78, 5) is 42.7. The molecule has 0 aliphatic carbocycles. The molecule has 1 aliphatic rings. The molecular formula is C31H50Na4O14S4. The maximum atomic E-state index is 10.7. The van der Waals surface area contributed by atoms with Crippen LogP contribution in [0.15, 0.2) is 0 Å². The van der Waals surface area contributed by atoms with E-state index in [0.717, 1.165) is 5.75 Å². The summed E-state index contributed by atoms with van der Waals surface area (Å²) in [7, 11) is 1.51.